The molecule has 0 aliphatic heterocycles. The molecule has 1 aromatic carbocycles. The van der Waals surface area contributed by atoms with Gasteiger partial charge in [0.05, 0.1) is 6.61 Å². The van der Waals surface area contributed by atoms with E-state index in [1.807, 2.05) is 31.8 Å². The lowest BCUT2D eigenvalue weighted by atomic mass is 10.1. The maximum atomic E-state index is 5.55. The lowest BCUT2D eigenvalue weighted by Gasteiger charge is -2.23. The van der Waals surface area contributed by atoms with Gasteiger partial charge in [0, 0.05) is 16.5 Å². The Hall–Kier alpha value is -0.670. The molecule has 1 aromatic rings. The molecule has 1 atom stereocenters. The molecule has 0 heterocycles. The van der Waals surface area contributed by atoms with E-state index in [1.54, 1.807) is 0 Å². The van der Waals surface area contributed by atoms with E-state index in [1.165, 1.54) is 5.56 Å². The lowest BCUT2D eigenvalue weighted by molar-refractivity contribution is 0.339. The Balaban J connectivity index is 2.72. The number of benzene rings is 1. The molecule has 0 aliphatic carbocycles. The minimum atomic E-state index is 0.298. The Bertz CT molecular complexity index is 360. The molecule has 0 amide bonds. The van der Waals surface area contributed by atoms with Gasteiger partial charge in [0.2, 0.25) is 0 Å². The van der Waals surface area contributed by atoms with Crippen LogP contribution in [0.3, 0.4) is 0 Å². The van der Waals surface area contributed by atoms with Crippen molar-refractivity contribution in [3.63, 3.8) is 0 Å². The Morgan fingerprint density at radius 2 is 2.06 bits per heavy atom. The van der Waals surface area contributed by atoms with Crippen LogP contribution < -0.4 is 10.1 Å². The molecule has 18 heavy (non-hydrogen) atoms. The van der Waals surface area contributed by atoms with Crippen LogP contribution >= 0.6 is 11.8 Å². The van der Waals surface area contributed by atoms with E-state index >= 15 is 0 Å². The zero-order chi connectivity index (χ0) is 13.6. The Morgan fingerprint density at radius 1 is 1.33 bits per heavy atom. The van der Waals surface area contributed by atoms with Crippen molar-refractivity contribution in [3.8, 4) is 5.75 Å². The summed E-state index contributed by atoms with van der Waals surface area (Å²) in [4.78, 5) is 0. The van der Waals surface area contributed by atoms with E-state index in [2.05, 4.69) is 44.3 Å². The summed E-state index contributed by atoms with van der Waals surface area (Å²) in [6, 6.07) is 8.73. The predicted molar refractivity (Wildman–Crippen MR) is 81.6 cm³/mol. The molecule has 0 saturated carbocycles. The first kappa shape index (κ1) is 15.4. The number of ether oxygens (including phenoxy) is 1. The maximum absolute atomic E-state index is 5.55. The molecule has 0 bridgehead atoms. The highest BCUT2D eigenvalue weighted by atomic mass is 32.2. The van der Waals surface area contributed by atoms with Crippen LogP contribution in [0.4, 0.5) is 0 Å². The molecule has 0 aromatic heterocycles. The van der Waals surface area contributed by atoms with E-state index in [9.17, 15) is 0 Å². The van der Waals surface area contributed by atoms with E-state index in [4.69, 9.17) is 4.74 Å². The van der Waals surface area contributed by atoms with Crippen LogP contribution in [0.25, 0.3) is 0 Å². The number of hydrogen-bond donors (Lipinski definition) is 1. The van der Waals surface area contributed by atoms with E-state index in [0.29, 0.717) is 17.4 Å². The first-order chi connectivity index (χ1) is 8.46. The molecular weight excluding hydrogens is 242 g/mol. The van der Waals surface area contributed by atoms with Gasteiger partial charge in [-0.1, -0.05) is 32.9 Å². The smallest absolute Gasteiger partial charge is 0.119 e. The zero-order valence-electron chi connectivity index (χ0n) is 12.1. The van der Waals surface area contributed by atoms with Crippen molar-refractivity contribution in [3.05, 3.63) is 29.8 Å². The predicted octanol–water partition coefficient (Wildman–Crippen LogP) is 3.88. The van der Waals surface area contributed by atoms with Gasteiger partial charge < -0.3 is 10.1 Å². The highest BCUT2D eigenvalue weighted by Crippen LogP contribution is 2.29. The van der Waals surface area contributed by atoms with Crippen LogP contribution in [-0.4, -0.2) is 24.2 Å². The third-order valence-electron chi connectivity index (χ3n) is 2.60. The quantitative estimate of drug-likeness (QED) is 0.845. The van der Waals surface area contributed by atoms with Gasteiger partial charge in [-0.15, -0.1) is 0 Å². The summed E-state index contributed by atoms with van der Waals surface area (Å²) >= 11 is 1.98. The monoisotopic (exact) mass is 267 g/mol. The lowest BCUT2D eigenvalue weighted by Crippen LogP contribution is -2.21. The van der Waals surface area contributed by atoms with E-state index < -0.39 is 0 Å². The first-order valence-electron chi connectivity index (χ1n) is 6.50. The third kappa shape index (κ3) is 5.32. The maximum Gasteiger partial charge on any atom is 0.119 e. The van der Waals surface area contributed by atoms with Gasteiger partial charge in [-0.3, -0.25) is 0 Å². The fourth-order valence-corrected chi connectivity index (χ4v) is 2.69. The summed E-state index contributed by atoms with van der Waals surface area (Å²) < 4.78 is 5.85. The van der Waals surface area contributed by atoms with Gasteiger partial charge in [-0.05, 0) is 31.7 Å². The summed E-state index contributed by atoms with van der Waals surface area (Å²) in [7, 11) is 2.02. The van der Waals surface area contributed by atoms with Crippen molar-refractivity contribution in [2.45, 2.75) is 38.5 Å². The molecule has 0 fully saturated rings. The molecule has 2 nitrogen and oxygen atoms in total. The van der Waals surface area contributed by atoms with E-state index in [-0.39, 0.29) is 0 Å². The molecule has 3 heteroatoms. The van der Waals surface area contributed by atoms with Crippen LogP contribution in [0.2, 0.25) is 0 Å². The molecule has 1 N–H and O–H groups in total. The van der Waals surface area contributed by atoms with Crippen LogP contribution in [0.15, 0.2) is 24.3 Å². The fraction of sp³-hybridized carbons (Fsp3) is 0.600. The second-order valence-corrected chi connectivity index (χ2v) is 7.12. The summed E-state index contributed by atoms with van der Waals surface area (Å²) in [6.07, 6.45) is 0. The largest absolute Gasteiger partial charge is 0.494 e. The highest BCUT2D eigenvalue weighted by Gasteiger charge is 2.16. The molecule has 0 radical (unpaired) electrons. The van der Waals surface area contributed by atoms with Crippen molar-refractivity contribution in [2.24, 2.45) is 0 Å². The average Bonchev–Trinajstić information content (AvgIpc) is 2.29. The average molecular weight is 267 g/mol. The number of hydrogen-bond acceptors (Lipinski definition) is 3. The van der Waals surface area contributed by atoms with Gasteiger partial charge in [-0.25, -0.2) is 0 Å². The van der Waals surface area contributed by atoms with Crippen molar-refractivity contribution in [1.29, 1.82) is 0 Å². The Kier molecular flexibility index (Phi) is 6.03. The summed E-state index contributed by atoms with van der Waals surface area (Å²) in [5, 5.41) is 3.38. The SMILES string of the molecule is CCOc1cccc(C(CSC(C)(C)C)NC)c1. The topological polar surface area (TPSA) is 21.3 Å². The van der Waals surface area contributed by atoms with Crippen molar-refractivity contribution in [2.75, 3.05) is 19.4 Å². The summed E-state index contributed by atoms with van der Waals surface area (Å²) in [6.45, 7) is 9.48. The number of nitrogens with one attached hydrogen (secondary N) is 1. The molecule has 0 aliphatic rings. The zero-order valence-corrected chi connectivity index (χ0v) is 12.9. The Labute approximate surface area is 116 Å². The van der Waals surface area contributed by atoms with Gasteiger partial charge in [0.1, 0.15) is 5.75 Å². The molecular formula is C15H25NOS. The molecule has 0 spiro atoms. The van der Waals surface area contributed by atoms with Gasteiger partial charge in [0.25, 0.3) is 0 Å². The first-order valence-corrected chi connectivity index (χ1v) is 7.49. The second kappa shape index (κ2) is 7.05. The normalized spacial score (nSPS) is 13.4. The van der Waals surface area contributed by atoms with Gasteiger partial charge >= 0.3 is 0 Å². The summed E-state index contributed by atoms with van der Waals surface area (Å²) in [5.74, 6) is 2.02. The molecule has 1 rings (SSSR count). The second-order valence-electron chi connectivity index (χ2n) is 5.27. The van der Waals surface area contributed by atoms with E-state index in [0.717, 1.165) is 11.5 Å². The minimum Gasteiger partial charge on any atom is -0.494 e. The standard InChI is InChI=1S/C15H25NOS/c1-6-17-13-9-7-8-12(10-13)14(16-5)11-18-15(2,3)4/h7-10,14,16H,6,11H2,1-5H3. The van der Waals surface area contributed by atoms with Crippen LogP contribution in [-0.2, 0) is 0 Å². The molecule has 1 unspecified atom stereocenters. The number of thioether (sulfide) groups is 1. The fourth-order valence-electron chi connectivity index (χ4n) is 1.67. The van der Waals surface area contributed by atoms with Crippen molar-refractivity contribution < 1.29 is 4.74 Å². The van der Waals surface area contributed by atoms with Gasteiger partial charge in [0.15, 0.2) is 0 Å². The number of rotatable bonds is 6. The minimum absolute atomic E-state index is 0.298. The van der Waals surface area contributed by atoms with Crippen LogP contribution in [0, 0.1) is 0 Å². The van der Waals surface area contributed by atoms with Gasteiger partial charge in [-0.2, -0.15) is 11.8 Å². The van der Waals surface area contributed by atoms with Crippen LogP contribution in [0.1, 0.15) is 39.3 Å². The van der Waals surface area contributed by atoms with Crippen molar-refractivity contribution in [1.82, 2.24) is 5.32 Å². The third-order valence-corrected chi connectivity index (χ3v) is 3.97. The Morgan fingerprint density at radius 3 is 2.61 bits per heavy atom. The summed E-state index contributed by atoms with van der Waals surface area (Å²) in [5.41, 5.74) is 1.29. The van der Waals surface area contributed by atoms with Crippen molar-refractivity contribution >= 4 is 11.8 Å². The molecule has 0 saturated heterocycles. The van der Waals surface area contributed by atoms with Crippen LogP contribution in [0.5, 0.6) is 5.75 Å². The molecule has 102 valence electrons. The highest BCUT2D eigenvalue weighted by molar-refractivity contribution is 8.00.